The largest absolute Gasteiger partial charge is 0.348 e. The second-order valence-electron chi connectivity index (χ2n) is 7.19. The summed E-state index contributed by atoms with van der Waals surface area (Å²) in [5.41, 5.74) is -0.565. The minimum atomic E-state index is -3.70. The van der Waals surface area contributed by atoms with Crippen LogP contribution in [0.1, 0.15) is 26.7 Å². The summed E-state index contributed by atoms with van der Waals surface area (Å²) in [6.07, 6.45) is 0.993. The molecule has 0 saturated carbocycles. The van der Waals surface area contributed by atoms with E-state index in [4.69, 9.17) is 0 Å². The average molecular weight is 369 g/mol. The maximum Gasteiger partial charge on any atom is 0.243 e. The number of hydrogen-bond donors (Lipinski definition) is 1. The van der Waals surface area contributed by atoms with Gasteiger partial charge in [0.15, 0.2) is 0 Å². The Labute approximate surface area is 148 Å². The molecule has 0 bridgehead atoms. The Kier molecular flexibility index (Phi) is 4.87. The Bertz CT molecular complexity index is 751. The van der Waals surface area contributed by atoms with E-state index < -0.39 is 21.4 Å². The van der Waals surface area contributed by atoms with Crippen LogP contribution in [-0.2, 0) is 14.8 Å². The minimum absolute atomic E-state index is 0.0378. The van der Waals surface area contributed by atoms with Gasteiger partial charge in [-0.1, -0.05) is 0 Å². The molecule has 2 saturated heterocycles. The lowest BCUT2D eigenvalue weighted by Crippen LogP contribution is -2.55. The first-order valence-electron chi connectivity index (χ1n) is 8.53. The summed E-state index contributed by atoms with van der Waals surface area (Å²) >= 11 is 0. The predicted octanol–water partition coefficient (Wildman–Crippen LogP) is 1.19. The molecule has 138 valence electrons. The number of carbonyl (C=O) groups is 1. The summed E-state index contributed by atoms with van der Waals surface area (Å²) in [6, 6.07) is 5.13. The topological polar surface area (TPSA) is 69.7 Å². The molecule has 1 spiro atoms. The summed E-state index contributed by atoms with van der Waals surface area (Å²) in [4.78, 5) is 14.4. The molecule has 0 aliphatic carbocycles. The van der Waals surface area contributed by atoms with Crippen LogP contribution in [0, 0.1) is 5.82 Å². The lowest BCUT2D eigenvalue weighted by molar-refractivity contribution is -0.122. The van der Waals surface area contributed by atoms with Crippen molar-refractivity contribution < 1.29 is 17.6 Å². The van der Waals surface area contributed by atoms with Crippen molar-refractivity contribution in [1.29, 1.82) is 0 Å². The third kappa shape index (κ3) is 3.70. The molecule has 1 aromatic carbocycles. The molecular weight excluding hydrogens is 345 g/mol. The van der Waals surface area contributed by atoms with E-state index >= 15 is 0 Å². The molecule has 25 heavy (non-hydrogen) atoms. The van der Waals surface area contributed by atoms with Crippen LogP contribution in [0.3, 0.4) is 0 Å². The molecule has 1 amide bonds. The van der Waals surface area contributed by atoms with E-state index in [1.165, 1.54) is 16.4 Å². The van der Waals surface area contributed by atoms with Gasteiger partial charge in [0, 0.05) is 38.6 Å². The van der Waals surface area contributed by atoms with Gasteiger partial charge in [-0.25, -0.2) is 12.8 Å². The fourth-order valence-corrected chi connectivity index (χ4v) is 5.10. The van der Waals surface area contributed by atoms with E-state index in [1.807, 2.05) is 0 Å². The summed E-state index contributed by atoms with van der Waals surface area (Å²) < 4.78 is 40.1. The van der Waals surface area contributed by atoms with Crippen molar-refractivity contribution in [3.05, 3.63) is 30.1 Å². The van der Waals surface area contributed by atoms with Crippen molar-refractivity contribution in [3.63, 3.8) is 0 Å². The van der Waals surface area contributed by atoms with Gasteiger partial charge < -0.3 is 5.32 Å². The highest BCUT2D eigenvalue weighted by molar-refractivity contribution is 7.89. The summed E-state index contributed by atoms with van der Waals surface area (Å²) in [6.45, 7) is 6.03. The number of sulfonamides is 1. The zero-order valence-electron chi connectivity index (χ0n) is 14.5. The van der Waals surface area contributed by atoms with E-state index in [9.17, 15) is 17.6 Å². The van der Waals surface area contributed by atoms with Gasteiger partial charge in [-0.2, -0.15) is 4.31 Å². The Morgan fingerprint density at radius 3 is 2.48 bits per heavy atom. The molecule has 0 radical (unpaired) electrons. The van der Waals surface area contributed by atoms with Crippen LogP contribution in [0.4, 0.5) is 4.39 Å². The lowest BCUT2D eigenvalue weighted by atomic mass is 9.97. The van der Waals surface area contributed by atoms with E-state index in [-0.39, 0.29) is 23.4 Å². The van der Waals surface area contributed by atoms with Crippen LogP contribution < -0.4 is 5.32 Å². The van der Waals surface area contributed by atoms with Gasteiger partial charge in [0.25, 0.3) is 0 Å². The molecule has 3 rings (SSSR count). The number of halogens is 1. The van der Waals surface area contributed by atoms with Crippen molar-refractivity contribution in [2.45, 2.75) is 43.2 Å². The SMILES string of the molecule is CC(C)N1CCC(=O)NC2(CCN(S(=O)(=O)c3ccc(F)cc3)C2)C1. The number of benzene rings is 1. The van der Waals surface area contributed by atoms with Gasteiger partial charge in [0.1, 0.15) is 5.82 Å². The molecule has 1 atom stereocenters. The average Bonchev–Trinajstić information content (AvgIpc) is 2.88. The van der Waals surface area contributed by atoms with Crippen molar-refractivity contribution in [1.82, 2.24) is 14.5 Å². The Morgan fingerprint density at radius 2 is 1.84 bits per heavy atom. The molecule has 2 heterocycles. The Morgan fingerprint density at radius 1 is 1.16 bits per heavy atom. The highest BCUT2D eigenvalue weighted by Gasteiger charge is 2.46. The number of nitrogens with one attached hydrogen (secondary N) is 1. The standard InChI is InChI=1S/C17H24FN3O3S/c1-13(2)20-9-7-16(22)19-17(11-20)8-10-21(12-17)25(23,24)15-5-3-14(18)4-6-15/h3-6,13H,7-12H2,1-2H3,(H,19,22). The van der Waals surface area contributed by atoms with Crippen LogP contribution in [0.5, 0.6) is 0 Å². The van der Waals surface area contributed by atoms with Gasteiger partial charge in [0.05, 0.1) is 10.4 Å². The first-order valence-corrected chi connectivity index (χ1v) is 9.97. The van der Waals surface area contributed by atoms with Crippen LogP contribution in [-0.4, -0.2) is 61.3 Å². The lowest BCUT2D eigenvalue weighted by Gasteiger charge is -2.35. The van der Waals surface area contributed by atoms with E-state index in [2.05, 4.69) is 24.1 Å². The predicted molar refractivity (Wildman–Crippen MR) is 92.0 cm³/mol. The smallest absolute Gasteiger partial charge is 0.243 e. The van der Waals surface area contributed by atoms with Gasteiger partial charge in [-0.3, -0.25) is 9.69 Å². The minimum Gasteiger partial charge on any atom is -0.348 e. The van der Waals surface area contributed by atoms with Gasteiger partial charge in [-0.05, 0) is 44.5 Å². The van der Waals surface area contributed by atoms with Crippen molar-refractivity contribution in [3.8, 4) is 0 Å². The maximum atomic E-state index is 13.1. The summed E-state index contributed by atoms with van der Waals surface area (Å²) in [5.74, 6) is -0.510. The first kappa shape index (κ1) is 18.3. The maximum absolute atomic E-state index is 13.1. The number of rotatable bonds is 3. The molecule has 6 nitrogen and oxygen atoms in total. The molecule has 0 aromatic heterocycles. The molecule has 2 fully saturated rings. The second kappa shape index (κ2) is 6.66. The number of hydrogen-bond acceptors (Lipinski definition) is 4. The fourth-order valence-electron chi connectivity index (χ4n) is 3.58. The normalized spacial score (nSPS) is 26.2. The molecule has 1 aromatic rings. The molecular formula is C17H24FN3O3S. The van der Waals surface area contributed by atoms with Crippen molar-refractivity contribution in [2.24, 2.45) is 0 Å². The molecule has 8 heteroatoms. The highest BCUT2D eigenvalue weighted by atomic mass is 32.2. The van der Waals surface area contributed by atoms with Gasteiger partial charge in [0.2, 0.25) is 15.9 Å². The summed E-state index contributed by atoms with van der Waals surface area (Å²) in [5, 5.41) is 3.06. The number of amides is 1. The molecule has 1 unspecified atom stereocenters. The van der Waals surface area contributed by atoms with Crippen molar-refractivity contribution >= 4 is 15.9 Å². The van der Waals surface area contributed by atoms with Crippen LogP contribution in [0.2, 0.25) is 0 Å². The Hall–Kier alpha value is -1.51. The second-order valence-corrected chi connectivity index (χ2v) is 9.12. The zero-order valence-corrected chi connectivity index (χ0v) is 15.4. The van der Waals surface area contributed by atoms with Crippen LogP contribution in [0.15, 0.2) is 29.2 Å². The van der Waals surface area contributed by atoms with E-state index in [1.54, 1.807) is 0 Å². The molecule has 2 aliphatic heterocycles. The van der Waals surface area contributed by atoms with Gasteiger partial charge >= 0.3 is 0 Å². The third-order valence-corrected chi connectivity index (χ3v) is 6.90. The quantitative estimate of drug-likeness (QED) is 0.869. The Balaban J connectivity index is 1.83. The highest BCUT2D eigenvalue weighted by Crippen LogP contribution is 2.30. The van der Waals surface area contributed by atoms with E-state index in [0.29, 0.717) is 32.5 Å². The number of carbonyl (C=O) groups excluding carboxylic acids is 1. The third-order valence-electron chi connectivity index (χ3n) is 5.04. The monoisotopic (exact) mass is 369 g/mol. The van der Waals surface area contributed by atoms with Gasteiger partial charge in [-0.15, -0.1) is 0 Å². The zero-order chi connectivity index (χ0) is 18.2. The summed E-state index contributed by atoms with van der Waals surface area (Å²) in [7, 11) is -3.70. The van der Waals surface area contributed by atoms with Crippen LogP contribution >= 0.6 is 0 Å². The first-order chi connectivity index (χ1) is 11.7. The molecule has 2 aliphatic rings. The van der Waals surface area contributed by atoms with Crippen LogP contribution in [0.25, 0.3) is 0 Å². The van der Waals surface area contributed by atoms with E-state index in [0.717, 1.165) is 12.1 Å². The van der Waals surface area contributed by atoms with Crippen molar-refractivity contribution in [2.75, 3.05) is 26.2 Å². The molecule has 1 N–H and O–H groups in total. The number of nitrogens with zero attached hydrogens (tertiary/aromatic N) is 2. The fraction of sp³-hybridized carbons (Fsp3) is 0.588.